The fourth-order valence-corrected chi connectivity index (χ4v) is 7.03. The fourth-order valence-electron chi connectivity index (χ4n) is 7.03. The van der Waals surface area contributed by atoms with E-state index in [4.69, 9.17) is 9.41 Å². The molecule has 1 atom stereocenters. The molecule has 7 aromatic carbocycles. The van der Waals surface area contributed by atoms with Crippen LogP contribution in [0.1, 0.15) is 22.7 Å². The molecule has 1 aliphatic heterocycles. The van der Waals surface area contributed by atoms with Gasteiger partial charge in [-0.15, -0.1) is 0 Å². The zero-order valence-corrected chi connectivity index (χ0v) is 27.4. The first kappa shape index (κ1) is 29.6. The Labute approximate surface area is 292 Å². The second kappa shape index (κ2) is 12.8. The quantitative estimate of drug-likeness (QED) is 0.178. The van der Waals surface area contributed by atoms with E-state index in [0.717, 1.165) is 66.6 Å². The van der Waals surface area contributed by atoms with Gasteiger partial charge in [0, 0.05) is 16.3 Å². The van der Waals surface area contributed by atoms with Crippen molar-refractivity contribution >= 4 is 33.2 Å². The highest BCUT2D eigenvalue weighted by molar-refractivity contribution is 6.15. The second-order valence-electron chi connectivity index (χ2n) is 12.7. The number of allylic oxidation sites excluding steroid dienone is 3. The van der Waals surface area contributed by atoms with Crippen LogP contribution in [-0.4, -0.2) is 5.71 Å². The minimum absolute atomic E-state index is 0.239. The Kier molecular flexibility index (Phi) is 7.60. The van der Waals surface area contributed by atoms with E-state index >= 15 is 0 Å². The Hall–Kier alpha value is -6.51. The van der Waals surface area contributed by atoms with Crippen LogP contribution in [0, 0.1) is 0 Å². The summed E-state index contributed by atoms with van der Waals surface area (Å²) < 4.78 is 6.51. The molecule has 0 radical (unpaired) electrons. The summed E-state index contributed by atoms with van der Waals surface area (Å²) in [7, 11) is 0. The monoisotopic (exact) mass is 639 g/mol. The molecule has 9 rings (SSSR count). The molecule has 1 aromatic heterocycles. The molecule has 0 amide bonds. The molecule has 1 unspecified atom stereocenters. The maximum Gasteiger partial charge on any atom is 0.136 e. The van der Waals surface area contributed by atoms with Crippen LogP contribution < -0.4 is 0 Å². The lowest BCUT2D eigenvalue weighted by molar-refractivity contribution is 0.667. The highest BCUT2D eigenvalue weighted by Gasteiger charge is 2.20. The van der Waals surface area contributed by atoms with Gasteiger partial charge in [0.1, 0.15) is 11.2 Å². The van der Waals surface area contributed by atoms with Crippen LogP contribution in [0.5, 0.6) is 0 Å². The Morgan fingerprint density at radius 2 is 1.00 bits per heavy atom. The van der Waals surface area contributed by atoms with Crippen molar-refractivity contribution in [2.75, 3.05) is 0 Å². The van der Waals surface area contributed by atoms with Crippen molar-refractivity contribution in [2.24, 2.45) is 4.99 Å². The molecule has 8 aromatic rings. The molecule has 0 saturated carbocycles. The minimum atomic E-state index is -0.239. The van der Waals surface area contributed by atoms with Gasteiger partial charge in [-0.05, 0) is 86.5 Å². The van der Waals surface area contributed by atoms with Gasteiger partial charge in [0.2, 0.25) is 0 Å². The van der Waals surface area contributed by atoms with Gasteiger partial charge in [-0.3, -0.25) is 4.99 Å². The molecule has 0 spiro atoms. The maximum atomic E-state index is 6.51. The third-order valence-electron chi connectivity index (χ3n) is 9.52. The number of hydrogen-bond donors (Lipinski definition) is 0. The fraction of sp³-hybridized carbons (Fsp3) is 0.0208. The van der Waals surface area contributed by atoms with Gasteiger partial charge in [0.15, 0.2) is 0 Å². The highest BCUT2D eigenvalue weighted by Crippen LogP contribution is 2.40. The molecule has 2 heterocycles. The van der Waals surface area contributed by atoms with Crippen LogP contribution in [0.2, 0.25) is 0 Å². The summed E-state index contributed by atoms with van der Waals surface area (Å²) >= 11 is 0. The largest absolute Gasteiger partial charge is 0.456 e. The van der Waals surface area contributed by atoms with E-state index in [-0.39, 0.29) is 6.04 Å². The average Bonchev–Trinajstić information content (AvgIpc) is 3.42. The van der Waals surface area contributed by atoms with Crippen LogP contribution in [0.15, 0.2) is 204 Å². The summed E-state index contributed by atoms with van der Waals surface area (Å²) in [4.78, 5) is 5.51. The van der Waals surface area contributed by atoms with E-state index in [2.05, 4.69) is 182 Å². The van der Waals surface area contributed by atoms with Crippen LogP contribution in [0.4, 0.5) is 0 Å². The normalized spacial score (nSPS) is 14.4. The second-order valence-corrected chi connectivity index (χ2v) is 12.7. The maximum absolute atomic E-state index is 6.51. The zero-order valence-electron chi connectivity index (χ0n) is 27.4. The number of benzene rings is 7. The van der Waals surface area contributed by atoms with Gasteiger partial charge < -0.3 is 4.42 Å². The van der Waals surface area contributed by atoms with Crippen molar-refractivity contribution in [3.05, 3.63) is 211 Å². The van der Waals surface area contributed by atoms with Gasteiger partial charge in [-0.25, -0.2) is 0 Å². The number of nitrogens with zero attached hydrogens (tertiary/aromatic N) is 1. The summed E-state index contributed by atoms with van der Waals surface area (Å²) in [5.74, 6) is 0. The number of para-hydroxylation sites is 1. The topological polar surface area (TPSA) is 25.5 Å². The van der Waals surface area contributed by atoms with Crippen LogP contribution in [0.3, 0.4) is 0 Å². The summed E-state index contributed by atoms with van der Waals surface area (Å²) in [5, 5.41) is 2.25. The molecule has 0 aliphatic carbocycles. The summed E-state index contributed by atoms with van der Waals surface area (Å²) in [6.45, 7) is 0. The molecular formula is C48H33NO. The number of rotatable bonds is 6. The minimum Gasteiger partial charge on any atom is -0.456 e. The van der Waals surface area contributed by atoms with Gasteiger partial charge in [0.05, 0.1) is 11.8 Å². The molecule has 50 heavy (non-hydrogen) atoms. The SMILES string of the molecule is C1=CC(c2cc(-c3ccccc3)c3c(c2)oc2ccccc23)N=C(c2cccc(-c3ccccc3)c2)C=C1c1cccc(-c2ccccc2)c1. The van der Waals surface area contributed by atoms with Crippen molar-refractivity contribution < 1.29 is 4.42 Å². The van der Waals surface area contributed by atoms with Crippen LogP contribution in [-0.2, 0) is 0 Å². The van der Waals surface area contributed by atoms with E-state index in [9.17, 15) is 0 Å². The standard InChI is InChI=1S/C48H33NO/c1-4-14-33(15-5-1)36-20-12-22-38(28-36)39-26-27-44(49-45(31-39)40-23-13-21-37(29-40)34-16-6-2-7-17-34)41-30-43(35-18-8-3-9-19-35)48-42-24-10-11-25-46(42)50-47(48)32-41/h1-32,44H. The number of fused-ring (bicyclic) bond motifs is 3. The number of hydrogen-bond acceptors (Lipinski definition) is 2. The van der Waals surface area contributed by atoms with E-state index in [1.54, 1.807) is 0 Å². The average molecular weight is 640 g/mol. The lowest BCUT2D eigenvalue weighted by Crippen LogP contribution is -2.02. The van der Waals surface area contributed by atoms with E-state index in [0.29, 0.717) is 0 Å². The molecule has 2 heteroatoms. The first-order valence-electron chi connectivity index (χ1n) is 17.1. The molecule has 0 bridgehead atoms. The van der Waals surface area contributed by atoms with Crippen molar-refractivity contribution in [1.29, 1.82) is 0 Å². The van der Waals surface area contributed by atoms with Crippen LogP contribution in [0.25, 0.3) is 60.9 Å². The molecule has 236 valence electrons. The Morgan fingerprint density at radius 3 is 1.70 bits per heavy atom. The highest BCUT2D eigenvalue weighted by atomic mass is 16.3. The first-order valence-corrected chi connectivity index (χ1v) is 17.1. The Morgan fingerprint density at radius 1 is 0.440 bits per heavy atom. The van der Waals surface area contributed by atoms with Gasteiger partial charge in [-0.1, -0.05) is 158 Å². The molecule has 2 nitrogen and oxygen atoms in total. The van der Waals surface area contributed by atoms with E-state index < -0.39 is 0 Å². The lowest BCUT2D eigenvalue weighted by atomic mass is 9.94. The van der Waals surface area contributed by atoms with Crippen molar-refractivity contribution in [2.45, 2.75) is 6.04 Å². The van der Waals surface area contributed by atoms with Crippen molar-refractivity contribution in [1.82, 2.24) is 0 Å². The third kappa shape index (κ3) is 5.67. The Bertz CT molecular complexity index is 2570. The summed E-state index contributed by atoms with van der Waals surface area (Å²) in [6.07, 6.45) is 6.70. The molecule has 0 saturated heterocycles. The van der Waals surface area contributed by atoms with Gasteiger partial charge >= 0.3 is 0 Å². The Balaban J connectivity index is 1.22. The number of furan rings is 1. The number of aliphatic imine (C=N–C) groups is 1. The summed E-state index contributed by atoms with van der Waals surface area (Å²) in [5.41, 5.74) is 14.1. The van der Waals surface area contributed by atoms with Crippen molar-refractivity contribution in [3.63, 3.8) is 0 Å². The first-order chi connectivity index (χ1) is 24.8. The van der Waals surface area contributed by atoms with Gasteiger partial charge in [0.25, 0.3) is 0 Å². The zero-order chi connectivity index (χ0) is 33.3. The molecule has 1 aliphatic rings. The lowest BCUT2D eigenvalue weighted by Gasteiger charge is -2.14. The van der Waals surface area contributed by atoms with E-state index in [1.165, 1.54) is 16.7 Å². The molecule has 0 fully saturated rings. The predicted octanol–water partition coefficient (Wildman–Crippen LogP) is 12.8. The van der Waals surface area contributed by atoms with E-state index in [1.807, 2.05) is 12.1 Å². The molecular weight excluding hydrogens is 607 g/mol. The van der Waals surface area contributed by atoms with Crippen LogP contribution >= 0.6 is 0 Å². The third-order valence-corrected chi connectivity index (χ3v) is 9.52. The molecule has 0 N–H and O–H groups in total. The summed E-state index contributed by atoms with van der Waals surface area (Å²) in [6, 6.07) is 61.7. The predicted molar refractivity (Wildman–Crippen MR) is 209 cm³/mol. The smallest absolute Gasteiger partial charge is 0.136 e. The van der Waals surface area contributed by atoms with Crippen molar-refractivity contribution in [3.8, 4) is 33.4 Å². The van der Waals surface area contributed by atoms with Gasteiger partial charge in [-0.2, -0.15) is 0 Å².